The van der Waals surface area contributed by atoms with Crippen LogP contribution in [0.3, 0.4) is 0 Å². The van der Waals surface area contributed by atoms with E-state index in [0.717, 1.165) is 55.5 Å². The van der Waals surface area contributed by atoms with Gasteiger partial charge in [-0.2, -0.15) is 0 Å². The van der Waals surface area contributed by atoms with Crippen molar-refractivity contribution in [2.24, 2.45) is 5.41 Å². The Balaban J connectivity index is 1.43. The Labute approximate surface area is 175 Å². The maximum atomic E-state index is 12.1. The van der Waals surface area contributed by atoms with Gasteiger partial charge >= 0.3 is 0 Å². The molecular weight excluding hydrogens is 380 g/mol. The number of aryl methyl sites for hydroxylation is 1. The van der Waals surface area contributed by atoms with Gasteiger partial charge in [0.15, 0.2) is 0 Å². The van der Waals surface area contributed by atoms with Gasteiger partial charge in [0, 0.05) is 30.8 Å². The van der Waals surface area contributed by atoms with Gasteiger partial charge in [-0.3, -0.25) is 14.4 Å². The van der Waals surface area contributed by atoms with Crippen LogP contribution in [0.15, 0.2) is 48.8 Å². The number of nitrogens with zero attached hydrogens (tertiary/aromatic N) is 3. The van der Waals surface area contributed by atoms with E-state index in [1.807, 2.05) is 43.7 Å². The number of imidazole rings is 1. The maximum Gasteiger partial charge on any atom is 0.274 e. The summed E-state index contributed by atoms with van der Waals surface area (Å²) in [6, 6.07) is 11.4. The second-order valence-electron chi connectivity index (χ2n) is 8.15. The molecule has 156 valence electrons. The summed E-state index contributed by atoms with van der Waals surface area (Å²) in [6.45, 7) is 0.818. The van der Waals surface area contributed by atoms with E-state index in [4.69, 9.17) is 5.21 Å². The molecule has 0 fully saturated rings. The van der Waals surface area contributed by atoms with Crippen molar-refractivity contribution in [1.82, 2.24) is 14.9 Å². The van der Waals surface area contributed by atoms with Crippen molar-refractivity contribution in [1.29, 1.82) is 0 Å². The van der Waals surface area contributed by atoms with Crippen molar-refractivity contribution in [3.8, 4) is 0 Å². The number of pyridine rings is 1. The zero-order valence-electron chi connectivity index (χ0n) is 17.0. The van der Waals surface area contributed by atoms with E-state index in [-0.39, 0.29) is 0 Å². The number of carbonyl (C=O) groups is 2. The fraction of sp³-hybridized carbons (Fsp3) is 0.348. The first-order valence-corrected chi connectivity index (χ1v) is 10.2. The topological polar surface area (TPSA) is 86.9 Å². The van der Waals surface area contributed by atoms with E-state index >= 15 is 0 Å². The molecule has 1 aliphatic rings. The fourth-order valence-corrected chi connectivity index (χ4v) is 4.45. The molecular formula is C23H26N4O3. The van der Waals surface area contributed by atoms with Gasteiger partial charge in [-0.05, 0) is 67.5 Å². The minimum atomic E-state index is -0.533. The third kappa shape index (κ3) is 3.80. The van der Waals surface area contributed by atoms with Gasteiger partial charge in [-0.25, -0.2) is 10.5 Å². The molecule has 2 aromatic heterocycles. The first kappa shape index (κ1) is 20.1. The molecule has 7 heteroatoms. The maximum absolute atomic E-state index is 12.1. The summed E-state index contributed by atoms with van der Waals surface area (Å²) in [5, 5.41) is 8.89. The van der Waals surface area contributed by atoms with Crippen molar-refractivity contribution < 1.29 is 14.8 Å². The molecule has 2 N–H and O–H groups in total. The highest BCUT2D eigenvalue weighted by Crippen LogP contribution is 2.38. The number of rotatable bonds is 7. The van der Waals surface area contributed by atoms with Crippen LogP contribution in [0.4, 0.5) is 5.82 Å². The van der Waals surface area contributed by atoms with Crippen LogP contribution in [0.25, 0.3) is 5.65 Å². The molecule has 0 radical (unpaired) electrons. The Morgan fingerprint density at radius 1 is 1.33 bits per heavy atom. The molecule has 4 rings (SSSR count). The highest BCUT2D eigenvalue weighted by Gasteiger charge is 2.34. The molecule has 0 spiro atoms. The number of hydrogen-bond donors (Lipinski definition) is 2. The van der Waals surface area contributed by atoms with Gasteiger partial charge in [-0.15, -0.1) is 0 Å². The van der Waals surface area contributed by atoms with Gasteiger partial charge in [0.25, 0.3) is 5.91 Å². The SMILES string of the molecule is CN(CCC[C@@]1(C=O)CCc2ccc(C(=O)NO)cc2C1)c1cnc2ccccn12. The average molecular weight is 406 g/mol. The van der Waals surface area contributed by atoms with E-state index in [9.17, 15) is 9.59 Å². The Hall–Kier alpha value is -3.19. The number of hydrogen-bond acceptors (Lipinski definition) is 5. The van der Waals surface area contributed by atoms with Crippen molar-refractivity contribution in [3.05, 3.63) is 65.5 Å². The summed E-state index contributed by atoms with van der Waals surface area (Å²) in [5.41, 5.74) is 4.77. The lowest BCUT2D eigenvalue weighted by Gasteiger charge is -2.34. The number of aromatic nitrogens is 2. The van der Waals surface area contributed by atoms with E-state index in [2.05, 4.69) is 14.3 Å². The number of hydroxylamine groups is 1. The molecule has 1 atom stereocenters. The third-order valence-electron chi connectivity index (χ3n) is 6.21. The van der Waals surface area contributed by atoms with Crippen LogP contribution in [0.2, 0.25) is 0 Å². The lowest BCUT2D eigenvalue weighted by molar-refractivity contribution is -0.117. The Kier molecular flexibility index (Phi) is 5.55. The van der Waals surface area contributed by atoms with E-state index in [1.165, 1.54) is 5.56 Å². The first-order chi connectivity index (χ1) is 14.5. The fourth-order valence-electron chi connectivity index (χ4n) is 4.45. The number of carbonyl (C=O) groups excluding carboxylic acids is 2. The summed E-state index contributed by atoms with van der Waals surface area (Å²) in [5.74, 6) is 0.495. The molecule has 7 nitrogen and oxygen atoms in total. The van der Waals surface area contributed by atoms with Gasteiger partial charge in [-0.1, -0.05) is 12.1 Å². The summed E-state index contributed by atoms with van der Waals surface area (Å²) < 4.78 is 2.06. The zero-order valence-corrected chi connectivity index (χ0v) is 17.0. The number of aldehydes is 1. The highest BCUT2D eigenvalue weighted by atomic mass is 16.5. The van der Waals surface area contributed by atoms with Crippen molar-refractivity contribution >= 4 is 23.7 Å². The second-order valence-corrected chi connectivity index (χ2v) is 8.15. The monoisotopic (exact) mass is 406 g/mol. The molecule has 0 unspecified atom stereocenters. The van der Waals surface area contributed by atoms with E-state index in [1.54, 1.807) is 17.6 Å². The second kappa shape index (κ2) is 8.28. The standard InChI is InChI=1S/C23H26N4O3/c1-26(21-15-24-20-5-2-3-12-27(20)21)11-4-9-23(16-28)10-8-17-6-7-18(22(29)25-30)13-19(17)14-23/h2-3,5-7,12-13,15-16,30H,4,8-11,14H2,1H3,(H,25,29)/t23-/m1/s1. The first-order valence-electron chi connectivity index (χ1n) is 10.2. The number of anilines is 1. The summed E-state index contributed by atoms with van der Waals surface area (Å²) in [6.07, 6.45) is 8.89. The van der Waals surface area contributed by atoms with Crippen molar-refractivity contribution in [2.75, 3.05) is 18.5 Å². The Morgan fingerprint density at radius 3 is 3.00 bits per heavy atom. The van der Waals surface area contributed by atoms with Crippen LogP contribution in [0.1, 0.15) is 40.7 Å². The number of amides is 1. The predicted octanol–water partition coefficient (Wildman–Crippen LogP) is 3.04. The quantitative estimate of drug-likeness (QED) is 0.358. The molecule has 2 heterocycles. The molecule has 3 aromatic rings. The third-order valence-corrected chi connectivity index (χ3v) is 6.21. The van der Waals surface area contributed by atoms with Gasteiger partial charge in [0.2, 0.25) is 0 Å². The van der Waals surface area contributed by atoms with E-state index < -0.39 is 11.3 Å². The Morgan fingerprint density at radius 2 is 2.20 bits per heavy atom. The lowest BCUT2D eigenvalue weighted by atomic mass is 9.69. The molecule has 0 saturated heterocycles. The highest BCUT2D eigenvalue weighted by molar-refractivity contribution is 5.93. The molecule has 30 heavy (non-hydrogen) atoms. The molecule has 0 saturated carbocycles. The molecule has 0 aliphatic heterocycles. The molecule has 1 aliphatic carbocycles. The predicted molar refractivity (Wildman–Crippen MR) is 114 cm³/mol. The van der Waals surface area contributed by atoms with E-state index in [0.29, 0.717) is 12.0 Å². The minimum absolute atomic E-state index is 0.408. The molecule has 0 bridgehead atoms. The Bertz CT molecular complexity index is 1080. The summed E-state index contributed by atoms with van der Waals surface area (Å²) >= 11 is 0. The normalized spacial score (nSPS) is 18.1. The number of fused-ring (bicyclic) bond motifs is 2. The summed E-state index contributed by atoms with van der Waals surface area (Å²) in [4.78, 5) is 30.4. The van der Waals surface area contributed by atoms with Gasteiger partial charge < -0.3 is 9.69 Å². The zero-order chi connectivity index (χ0) is 21.1. The van der Waals surface area contributed by atoms with Crippen LogP contribution >= 0.6 is 0 Å². The number of nitrogens with one attached hydrogen (secondary N) is 1. The minimum Gasteiger partial charge on any atom is -0.359 e. The molecule has 1 amide bonds. The largest absolute Gasteiger partial charge is 0.359 e. The molecule has 1 aromatic carbocycles. The van der Waals surface area contributed by atoms with Gasteiger partial charge in [0.1, 0.15) is 17.8 Å². The van der Waals surface area contributed by atoms with Crippen LogP contribution in [0, 0.1) is 5.41 Å². The van der Waals surface area contributed by atoms with Crippen LogP contribution < -0.4 is 10.4 Å². The van der Waals surface area contributed by atoms with Crippen molar-refractivity contribution in [2.45, 2.75) is 32.1 Å². The van der Waals surface area contributed by atoms with Crippen molar-refractivity contribution in [3.63, 3.8) is 0 Å². The van der Waals surface area contributed by atoms with Gasteiger partial charge in [0.05, 0.1) is 6.20 Å². The average Bonchev–Trinajstić information content (AvgIpc) is 3.22. The van der Waals surface area contributed by atoms with Crippen LogP contribution in [0.5, 0.6) is 0 Å². The summed E-state index contributed by atoms with van der Waals surface area (Å²) in [7, 11) is 2.04. The lowest BCUT2D eigenvalue weighted by Crippen LogP contribution is -2.32. The number of benzene rings is 1. The smallest absolute Gasteiger partial charge is 0.274 e. The van der Waals surface area contributed by atoms with Crippen LogP contribution in [-0.4, -0.2) is 40.4 Å². The van der Waals surface area contributed by atoms with Crippen LogP contribution in [-0.2, 0) is 17.6 Å².